The summed E-state index contributed by atoms with van der Waals surface area (Å²) in [4.78, 5) is 0. The van der Waals surface area contributed by atoms with E-state index in [0.717, 1.165) is 11.8 Å². The Kier molecular flexibility index (Phi) is 2.40. The fourth-order valence-corrected chi connectivity index (χ4v) is 2.17. The number of para-hydroxylation sites is 1. The first-order chi connectivity index (χ1) is 6.33. The van der Waals surface area contributed by atoms with Crippen LogP contribution < -0.4 is 0 Å². The predicted molar refractivity (Wildman–Crippen MR) is 60.4 cm³/mol. The van der Waals surface area contributed by atoms with Crippen LogP contribution in [0.15, 0.2) is 30.5 Å². The van der Waals surface area contributed by atoms with Crippen molar-refractivity contribution in [3.8, 4) is 0 Å². The van der Waals surface area contributed by atoms with E-state index >= 15 is 0 Å². The fraction of sp³-hybridized carbons (Fsp3) is 0.273. The van der Waals surface area contributed by atoms with Gasteiger partial charge in [-0.25, -0.2) is 0 Å². The molecular weight excluding hydrogens is 226 g/mol. The maximum Gasteiger partial charge on any atom is 0.0510 e. The highest BCUT2D eigenvalue weighted by Crippen LogP contribution is 2.19. The van der Waals surface area contributed by atoms with Crippen molar-refractivity contribution in [3.05, 3.63) is 36.0 Å². The third kappa shape index (κ3) is 1.51. The van der Waals surface area contributed by atoms with Crippen LogP contribution in [0, 0.1) is 0 Å². The van der Waals surface area contributed by atoms with E-state index in [0.29, 0.717) is 0 Å². The molecule has 68 valence electrons. The monoisotopic (exact) mass is 237 g/mol. The molecule has 0 radical (unpaired) electrons. The molecule has 0 fully saturated rings. The van der Waals surface area contributed by atoms with E-state index in [2.05, 4.69) is 58.0 Å². The summed E-state index contributed by atoms with van der Waals surface area (Å²) in [5, 5.41) is 2.36. The molecule has 1 nitrogen and oxygen atoms in total. The van der Waals surface area contributed by atoms with Gasteiger partial charge in [0.05, 0.1) is 5.52 Å². The molecule has 2 heteroatoms. The molecule has 1 aromatic carbocycles. The van der Waals surface area contributed by atoms with Crippen LogP contribution in [0.4, 0.5) is 0 Å². The van der Waals surface area contributed by atoms with Gasteiger partial charge in [0, 0.05) is 18.6 Å². The summed E-state index contributed by atoms with van der Waals surface area (Å²) in [6.45, 7) is 0. The number of rotatable bonds is 2. The Morgan fingerprint density at radius 3 is 2.92 bits per heavy atom. The van der Waals surface area contributed by atoms with Gasteiger partial charge in [0.1, 0.15) is 0 Å². The number of hydrogen-bond donors (Lipinski definition) is 0. The van der Waals surface area contributed by atoms with Gasteiger partial charge in [-0.1, -0.05) is 34.1 Å². The van der Waals surface area contributed by atoms with Crippen molar-refractivity contribution >= 4 is 26.8 Å². The average molecular weight is 238 g/mol. The molecule has 0 amide bonds. The number of halogens is 1. The van der Waals surface area contributed by atoms with Gasteiger partial charge < -0.3 is 4.57 Å². The largest absolute Gasteiger partial charge is 0.350 e. The second-order valence-corrected chi connectivity index (χ2v) is 4.01. The molecule has 2 aromatic rings. The molecule has 1 aromatic heterocycles. The summed E-state index contributed by atoms with van der Waals surface area (Å²) < 4.78 is 2.19. The van der Waals surface area contributed by atoms with E-state index in [1.165, 1.54) is 16.5 Å². The van der Waals surface area contributed by atoms with Crippen LogP contribution in [0.1, 0.15) is 5.56 Å². The third-order valence-electron chi connectivity index (χ3n) is 2.35. The van der Waals surface area contributed by atoms with Crippen molar-refractivity contribution in [1.29, 1.82) is 0 Å². The first-order valence-electron chi connectivity index (χ1n) is 4.42. The minimum Gasteiger partial charge on any atom is -0.350 e. The normalized spacial score (nSPS) is 10.9. The summed E-state index contributed by atoms with van der Waals surface area (Å²) in [5.41, 5.74) is 2.78. The molecule has 0 aliphatic carbocycles. The van der Waals surface area contributed by atoms with Gasteiger partial charge in [-0.2, -0.15) is 0 Å². The average Bonchev–Trinajstić information content (AvgIpc) is 2.50. The zero-order valence-corrected chi connectivity index (χ0v) is 9.21. The quantitative estimate of drug-likeness (QED) is 0.708. The molecule has 0 atom stereocenters. The topological polar surface area (TPSA) is 4.93 Å². The number of aromatic nitrogens is 1. The van der Waals surface area contributed by atoms with Gasteiger partial charge in [-0.3, -0.25) is 0 Å². The number of alkyl halides is 1. The van der Waals surface area contributed by atoms with Crippen LogP contribution in [0.3, 0.4) is 0 Å². The Morgan fingerprint density at radius 2 is 2.15 bits per heavy atom. The molecule has 2 rings (SSSR count). The summed E-state index contributed by atoms with van der Waals surface area (Å²) >= 11 is 3.48. The lowest BCUT2D eigenvalue weighted by atomic mass is 10.1. The zero-order chi connectivity index (χ0) is 9.26. The molecule has 1 heterocycles. The van der Waals surface area contributed by atoms with E-state index in [-0.39, 0.29) is 0 Å². The van der Waals surface area contributed by atoms with Crippen molar-refractivity contribution in [2.75, 3.05) is 5.33 Å². The standard InChI is InChI=1S/C11H12BrN/c1-13-8-6-10-4-2-3-9(5-7-12)11(10)13/h2-4,6,8H,5,7H2,1H3. The number of aryl methyl sites for hydroxylation is 2. The van der Waals surface area contributed by atoms with Crippen molar-refractivity contribution in [2.45, 2.75) is 6.42 Å². The molecule has 0 spiro atoms. The van der Waals surface area contributed by atoms with Crippen molar-refractivity contribution < 1.29 is 0 Å². The lowest BCUT2D eigenvalue weighted by molar-refractivity contribution is 0.957. The molecule has 13 heavy (non-hydrogen) atoms. The smallest absolute Gasteiger partial charge is 0.0510 e. The second-order valence-electron chi connectivity index (χ2n) is 3.22. The molecular formula is C11H12BrN. The van der Waals surface area contributed by atoms with Crippen LogP contribution in [-0.4, -0.2) is 9.90 Å². The Balaban J connectivity index is 2.65. The Bertz CT molecular complexity index is 417. The summed E-state index contributed by atoms with van der Waals surface area (Å²) in [5.74, 6) is 0. The molecule has 0 aliphatic rings. The van der Waals surface area contributed by atoms with E-state index < -0.39 is 0 Å². The predicted octanol–water partition coefficient (Wildman–Crippen LogP) is 3.12. The fourth-order valence-electron chi connectivity index (χ4n) is 1.75. The number of benzene rings is 1. The first kappa shape index (κ1) is 8.82. The van der Waals surface area contributed by atoms with E-state index in [1.807, 2.05) is 0 Å². The summed E-state index contributed by atoms with van der Waals surface area (Å²) in [6, 6.07) is 8.64. The van der Waals surface area contributed by atoms with Crippen LogP contribution in [0.25, 0.3) is 10.9 Å². The van der Waals surface area contributed by atoms with Crippen LogP contribution in [0.2, 0.25) is 0 Å². The minimum atomic E-state index is 1.03. The molecule has 0 aliphatic heterocycles. The molecule has 0 saturated carbocycles. The maximum absolute atomic E-state index is 3.48. The van der Waals surface area contributed by atoms with Gasteiger partial charge in [0.25, 0.3) is 0 Å². The number of hydrogen-bond acceptors (Lipinski definition) is 0. The van der Waals surface area contributed by atoms with Crippen molar-refractivity contribution in [3.63, 3.8) is 0 Å². The number of fused-ring (bicyclic) bond motifs is 1. The summed E-state index contributed by atoms with van der Waals surface area (Å²) in [7, 11) is 2.10. The van der Waals surface area contributed by atoms with Gasteiger partial charge >= 0.3 is 0 Å². The molecule has 0 N–H and O–H groups in total. The van der Waals surface area contributed by atoms with Gasteiger partial charge in [-0.15, -0.1) is 0 Å². The Morgan fingerprint density at radius 1 is 1.31 bits per heavy atom. The van der Waals surface area contributed by atoms with Gasteiger partial charge in [-0.05, 0) is 23.4 Å². The van der Waals surface area contributed by atoms with E-state index in [9.17, 15) is 0 Å². The number of nitrogens with zero attached hydrogens (tertiary/aromatic N) is 1. The lowest BCUT2D eigenvalue weighted by Crippen LogP contribution is -1.92. The maximum atomic E-state index is 3.48. The molecule has 0 saturated heterocycles. The highest BCUT2D eigenvalue weighted by atomic mass is 79.9. The molecule has 0 unspecified atom stereocenters. The van der Waals surface area contributed by atoms with Crippen molar-refractivity contribution in [1.82, 2.24) is 4.57 Å². The SMILES string of the molecule is Cn1ccc2cccc(CCBr)c21. The Labute approximate surface area is 86.5 Å². The first-order valence-corrected chi connectivity index (χ1v) is 5.54. The highest BCUT2D eigenvalue weighted by Gasteiger charge is 2.02. The van der Waals surface area contributed by atoms with E-state index in [1.54, 1.807) is 0 Å². The van der Waals surface area contributed by atoms with Crippen LogP contribution in [-0.2, 0) is 13.5 Å². The molecule has 0 bridgehead atoms. The summed E-state index contributed by atoms with van der Waals surface area (Å²) in [6.07, 6.45) is 3.21. The Hall–Kier alpha value is -0.760. The zero-order valence-electron chi connectivity index (χ0n) is 7.63. The van der Waals surface area contributed by atoms with Crippen LogP contribution >= 0.6 is 15.9 Å². The van der Waals surface area contributed by atoms with E-state index in [4.69, 9.17) is 0 Å². The third-order valence-corrected chi connectivity index (χ3v) is 2.74. The lowest BCUT2D eigenvalue weighted by Gasteiger charge is -2.03. The van der Waals surface area contributed by atoms with Gasteiger partial charge in [0.2, 0.25) is 0 Å². The second kappa shape index (κ2) is 3.54. The van der Waals surface area contributed by atoms with Crippen molar-refractivity contribution in [2.24, 2.45) is 7.05 Å². The highest BCUT2D eigenvalue weighted by molar-refractivity contribution is 9.09. The van der Waals surface area contributed by atoms with Gasteiger partial charge in [0.15, 0.2) is 0 Å². The minimum absolute atomic E-state index is 1.03. The van der Waals surface area contributed by atoms with Crippen LogP contribution in [0.5, 0.6) is 0 Å².